The summed E-state index contributed by atoms with van der Waals surface area (Å²) in [6, 6.07) is 6.21. The highest BCUT2D eigenvalue weighted by Gasteiger charge is 2.19. The van der Waals surface area contributed by atoms with Crippen LogP contribution >= 0.6 is 0 Å². The second kappa shape index (κ2) is 5.35. The maximum atomic E-state index is 6.29. The summed E-state index contributed by atoms with van der Waals surface area (Å²) in [5.41, 5.74) is 8.72. The Labute approximate surface area is 98.8 Å². The molecule has 2 heteroatoms. The first-order valence-corrected chi connectivity index (χ1v) is 5.87. The molecule has 1 rings (SSSR count). The average Bonchev–Trinajstić information content (AvgIpc) is 2.26. The largest absolute Gasteiger partial charge is 0.497 e. The molecule has 0 spiro atoms. The van der Waals surface area contributed by atoms with Gasteiger partial charge in [0.15, 0.2) is 0 Å². The van der Waals surface area contributed by atoms with E-state index in [0.29, 0.717) is 11.8 Å². The third-order valence-electron chi connectivity index (χ3n) is 3.45. The van der Waals surface area contributed by atoms with Crippen LogP contribution < -0.4 is 10.5 Å². The minimum absolute atomic E-state index is 0.103. The molecule has 0 aromatic heterocycles. The average molecular weight is 221 g/mol. The summed E-state index contributed by atoms with van der Waals surface area (Å²) in [4.78, 5) is 0. The van der Waals surface area contributed by atoms with E-state index in [1.165, 1.54) is 11.1 Å². The van der Waals surface area contributed by atoms with E-state index in [-0.39, 0.29) is 6.04 Å². The number of methoxy groups -OCH3 is 1. The van der Waals surface area contributed by atoms with E-state index in [9.17, 15) is 0 Å². The fourth-order valence-corrected chi connectivity index (χ4v) is 1.85. The van der Waals surface area contributed by atoms with Crippen molar-refractivity contribution in [3.05, 3.63) is 29.3 Å². The van der Waals surface area contributed by atoms with E-state index in [2.05, 4.69) is 33.8 Å². The quantitative estimate of drug-likeness (QED) is 0.846. The van der Waals surface area contributed by atoms with Gasteiger partial charge >= 0.3 is 0 Å². The van der Waals surface area contributed by atoms with Crippen LogP contribution in [0.3, 0.4) is 0 Å². The van der Waals surface area contributed by atoms with Gasteiger partial charge in [0.2, 0.25) is 0 Å². The Kier molecular flexibility index (Phi) is 4.36. The summed E-state index contributed by atoms with van der Waals surface area (Å²) < 4.78 is 5.20. The molecule has 1 aromatic rings. The van der Waals surface area contributed by atoms with Crippen LogP contribution in [0.2, 0.25) is 0 Å². The van der Waals surface area contributed by atoms with E-state index in [1.54, 1.807) is 7.11 Å². The van der Waals surface area contributed by atoms with Crippen molar-refractivity contribution in [3.63, 3.8) is 0 Å². The molecular weight excluding hydrogens is 198 g/mol. The van der Waals surface area contributed by atoms with Crippen molar-refractivity contribution < 1.29 is 4.74 Å². The molecule has 2 unspecified atom stereocenters. The van der Waals surface area contributed by atoms with E-state index in [0.717, 1.165) is 5.75 Å². The highest BCUT2D eigenvalue weighted by Crippen LogP contribution is 2.29. The number of rotatable bonds is 4. The van der Waals surface area contributed by atoms with E-state index in [1.807, 2.05) is 12.1 Å². The molecule has 0 saturated heterocycles. The van der Waals surface area contributed by atoms with Crippen LogP contribution in [-0.4, -0.2) is 7.11 Å². The molecule has 0 aliphatic heterocycles. The van der Waals surface area contributed by atoms with Crippen molar-refractivity contribution in [2.24, 2.45) is 17.6 Å². The molecule has 1 aromatic carbocycles. The Bertz CT molecular complexity index is 347. The van der Waals surface area contributed by atoms with Crippen LogP contribution in [0.25, 0.3) is 0 Å². The Morgan fingerprint density at radius 2 is 1.81 bits per heavy atom. The SMILES string of the molecule is COc1ccc(C(N)C(C)C(C)C)c(C)c1. The van der Waals surface area contributed by atoms with Gasteiger partial charge in [0.25, 0.3) is 0 Å². The van der Waals surface area contributed by atoms with Crippen molar-refractivity contribution in [2.45, 2.75) is 33.7 Å². The number of nitrogens with two attached hydrogens (primary N) is 1. The summed E-state index contributed by atoms with van der Waals surface area (Å²) in [6.45, 7) is 8.72. The lowest BCUT2D eigenvalue weighted by Crippen LogP contribution is -2.23. The molecule has 2 N–H and O–H groups in total. The van der Waals surface area contributed by atoms with Gasteiger partial charge in [-0.1, -0.05) is 26.8 Å². The smallest absolute Gasteiger partial charge is 0.119 e. The first-order valence-electron chi connectivity index (χ1n) is 5.87. The molecule has 2 nitrogen and oxygen atoms in total. The van der Waals surface area contributed by atoms with Crippen molar-refractivity contribution in [3.8, 4) is 5.75 Å². The van der Waals surface area contributed by atoms with E-state index in [4.69, 9.17) is 10.5 Å². The zero-order chi connectivity index (χ0) is 12.3. The van der Waals surface area contributed by atoms with Crippen molar-refractivity contribution in [1.29, 1.82) is 0 Å². The molecule has 2 atom stereocenters. The summed E-state index contributed by atoms with van der Waals surface area (Å²) >= 11 is 0. The molecule has 90 valence electrons. The Balaban J connectivity index is 2.96. The lowest BCUT2D eigenvalue weighted by molar-refractivity contribution is 0.351. The predicted molar refractivity (Wildman–Crippen MR) is 68.7 cm³/mol. The summed E-state index contributed by atoms with van der Waals surface area (Å²) in [7, 11) is 1.69. The monoisotopic (exact) mass is 221 g/mol. The van der Waals surface area contributed by atoms with Crippen LogP contribution in [0.4, 0.5) is 0 Å². The normalized spacial score (nSPS) is 14.9. The topological polar surface area (TPSA) is 35.2 Å². The van der Waals surface area contributed by atoms with Gasteiger partial charge in [-0.2, -0.15) is 0 Å². The molecule has 0 fully saturated rings. The lowest BCUT2D eigenvalue weighted by atomic mass is 9.85. The molecule has 0 bridgehead atoms. The third kappa shape index (κ3) is 2.76. The standard InChI is InChI=1S/C14H23NO/c1-9(2)11(4)14(15)13-7-6-12(16-5)8-10(13)3/h6-9,11,14H,15H2,1-5H3. The predicted octanol–water partition coefficient (Wildman–Crippen LogP) is 3.30. The van der Waals surface area contributed by atoms with Gasteiger partial charge < -0.3 is 10.5 Å². The molecular formula is C14H23NO. The molecule has 0 radical (unpaired) electrons. The lowest BCUT2D eigenvalue weighted by Gasteiger charge is -2.25. The molecule has 0 saturated carbocycles. The van der Waals surface area contributed by atoms with E-state index < -0.39 is 0 Å². The van der Waals surface area contributed by atoms with Gasteiger partial charge in [0.1, 0.15) is 5.75 Å². The van der Waals surface area contributed by atoms with Gasteiger partial charge in [-0.05, 0) is 42.0 Å². The van der Waals surface area contributed by atoms with Crippen LogP contribution in [-0.2, 0) is 0 Å². The maximum absolute atomic E-state index is 6.29. The van der Waals surface area contributed by atoms with Gasteiger partial charge in [-0.25, -0.2) is 0 Å². The second-order valence-electron chi connectivity index (χ2n) is 4.85. The Morgan fingerprint density at radius 1 is 1.19 bits per heavy atom. The molecule has 0 aliphatic rings. The maximum Gasteiger partial charge on any atom is 0.119 e. The van der Waals surface area contributed by atoms with Crippen LogP contribution in [0.1, 0.15) is 37.9 Å². The zero-order valence-electron chi connectivity index (χ0n) is 10.9. The van der Waals surface area contributed by atoms with Crippen molar-refractivity contribution >= 4 is 0 Å². The minimum atomic E-state index is 0.103. The summed E-state index contributed by atoms with van der Waals surface area (Å²) in [5, 5.41) is 0. The highest BCUT2D eigenvalue weighted by atomic mass is 16.5. The first-order chi connectivity index (χ1) is 7.47. The minimum Gasteiger partial charge on any atom is -0.497 e. The number of hydrogen-bond acceptors (Lipinski definition) is 2. The summed E-state index contributed by atoms with van der Waals surface area (Å²) in [5.74, 6) is 1.97. The Hall–Kier alpha value is -1.02. The number of hydrogen-bond donors (Lipinski definition) is 1. The van der Waals surface area contributed by atoms with Crippen LogP contribution in [0.15, 0.2) is 18.2 Å². The number of ether oxygens (including phenoxy) is 1. The van der Waals surface area contributed by atoms with Crippen molar-refractivity contribution in [2.75, 3.05) is 7.11 Å². The zero-order valence-corrected chi connectivity index (χ0v) is 10.9. The van der Waals surface area contributed by atoms with Gasteiger partial charge in [-0.15, -0.1) is 0 Å². The molecule has 0 heterocycles. The molecule has 16 heavy (non-hydrogen) atoms. The van der Waals surface area contributed by atoms with Crippen LogP contribution in [0.5, 0.6) is 5.75 Å². The third-order valence-corrected chi connectivity index (χ3v) is 3.45. The number of benzene rings is 1. The summed E-state index contributed by atoms with van der Waals surface area (Å²) in [6.07, 6.45) is 0. The number of aryl methyl sites for hydroxylation is 1. The second-order valence-corrected chi connectivity index (χ2v) is 4.85. The fraction of sp³-hybridized carbons (Fsp3) is 0.571. The Morgan fingerprint density at radius 3 is 2.25 bits per heavy atom. The highest BCUT2D eigenvalue weighted by molar-refractivity contribution is 5.36. The van der Waals surface area contributed by atoms with Crippen LogP contribution in [0, 0.1) is 18.8 Å². The van der Waals surface area contributed by atoms with Gasteiger partial charge in [-0.3, -0.25) is 0 Å². The van der Waals surface area contributed by atoms with Crippen molar-refractivity contribution in [1.82, 2.24) is 0 Å². The first kappa shape index (κ1) is 13.0. The van der Waals surface area contributed by atoms with E-state index >= 15 is 0 Å². The van der Waals surface area contributed by atoms with Gasteiger partial charge in [0, 0.05) is 6.04 Å². The van der Waals surface area contributed by atoms with Gasteiger partial charge in [0.05, 0.1) is 7.11 Å². The molecule has 0 aliphatic carbocycles. The fourth-order valence-electron chi connectivity index (χ4n) is 1.85. The molecule has 0 amide bonds.